The zero-order valence-electron chi connectivity index (χ0n) is 18.4. The van der Waals surface area contributed by atoms with Crippen molar-refractivity contribution in [3.05, 3.63) is 35.2 Å². The largest absolute Gasteiger partial charge is 0.358 e. The normalized spacial score (nSPS) is 15.2. The molecule has 1 aromatic heterocycles. The third kappa shape index (κ3) is 8.21. The number of benzene rings is 1. The maximum absolute atomic E-state index is 11.5. The second-order valence-electron chi connectivity index (χ2n) is 7.40. The Morgan fingerprint density at radius 1 is 1.34 bits per heavy atom. The molecule has 3 rings (SSSR count). The molecule has 1 saturated heterocycles. The van der Waals surface area contributed by atoms with Gasteiger partial charge in [0.2, 0.25) is 17.6 Å². The first-order valence-electron chi connectivity index (χ1n) is 10.6. The van der Waals surface area contributed by atoms with Gasteiger partial charge in [-0.05, 0) is 31.9 Å². The second kappa shape index (κ2) is 13.6. The van der Waals surface area contributed by atoms with Crippen LogP contribution >= 0.6 is 35.6 Å². The minimum Gasteiger partial charge on any atom is -0.358 e. The molecule has 0 radical (unpaired) electrons. The molecule has 0 unspecified atom stereocenters. The summed E-state index contributed by atoms with van der Waals surface area (Å²) < 4.78 is 5.35. The van der Waals surface area contributed by atoms with Gasteiger partial charge < -0.3 is 20.5 Å². The molecule has 0 atom stereocenters. The number of carbonyl (C=O) groups is 1. The van der Waals surface area contributed by atoms with Crippen molar-refractivity contribution in [3.8, 4) is 11.4 Å². The van der Waals surface area contributed by atoms with Gasteiger partial charge in [-0.25, -0.2) is 0 Å². The van der Waals surface area contributed by atoms with E-state index in [9.17, 15) is 4.79 Å². The number of likely N-dealkylation sites (N-methyl/N-ethyl adjacent to an activating group) is 1. The van der Waals surface area contributed by atoms with Gasteiger partial charge in [0, 0.05) is 49.7 Å². The summed E-state index contributed by atoms with van der Waals surface area (Å²) in [6, 6.07) is 7.70. The Hall–Kier alpha value is -1.92. The van der Waals surface area contributed by atoms with Crippen molar-refractivity contribution in [2.45, 2.75) is 32.2 Å². The average molecular weight is 576 g/mol. The van der Waals surface area contributed by atoms with Crippen LogP contribution in [0.15, 0.2) is 33.8 Å². The van der Waals surface area contributed by atoms with Crippen molar-refractivity contribution in [1.82, 2.24) is 31.0 Å². The third-order valence-electron chi connectivity index (χ3n) is 5.07. The van der Waals surface area contributed by atoms with Crippen LogP contribution < -0.4 is 16.0 Å². The number of aliphatic imine (C=N–C) groups is 1. The lowest BCUT2D eigenvalue weighted by molar-refractivity contribution is -0.122. The van der Waals surface area contributed by atoms with Crippen LogP contribution in [0.2, 0.25) is 5.02 Å². The zero-order chi connectivity index (χ0) is 22.1. The maximum atomic E-state index is 11.5. The fourth-order valence-corrected chi connectivity index (χ4v) is 3.59. The van der Waals surface area contributed by atoms with Gasteiger partial charge in [-0.15, -0.1) is 24.0 Å². The first-order chi connectivity index (χ1) is 15.1. The summed E-state index contributed by atoms with van der Waals surface area (Å²) in [4.78, 5) is 22.8. The van der Waals surface area contributed by atoms with E-state index >= 15 is 0 Å². The van der Waals surface area contributed by atoms with E-state index in [-0.39, 0.29) is 29.9 Å². The highest BCUT2D eigenvalue weighted by Gasteiger charge is 2.21. The molecular formula is C21H31ClIN7O2. The van der Waals surface area contributed by atoms with Crippen molar-refractivity contribution in [2.75, 3.05) is 39.8 Å². The molecule has 11 heteroatoms. The van der Waals surface area contributed by atoms with E-state index in [1.54, 1.807) is 7.05 Å². The molecule has 1 aliphatic heterocycles. The molecule has 176 valence electrons. The number of hydrogen-bond acceptors (Lipinski definition) is 6. The van der Waals surface area contributed by atoms with Crippen molar-refractivity contribution >= 4 is 47.4 Å². The quantitative estimate of drug-likeness (QED) is 0.252. The number of aromatic nitrogens is 2. The van der Waals surface area contributed by atoms with Crippen LogP contribution in [0.3, 0.4) is 0 Å². The molecule has 1 aromatic carbocycles. The fraction of sp³-hybridized carbons (Fsp3) is 0.524. The summed E-state index contributed by atoms with van der Waals surface area (Å²) in [5.74, 6) is 1.90. The van der Waals surface area contributed by atoms with Crippen molar-refractivity contribution in [3.63, 3.8) is 0 Å². The fourth-order valence-electron chi connectivity index (χ4n) is 3.40. The molecule has 2 aromatic rings. The summed E-state index contributed by atoms with van der Waals surface area (Å²) in [5.41, 5.74) is 0.823. The van der Waals surface area contributed by atoms with E-state index in [0.29, 0.717) is 42.3 Å². The standard InChI is InChI=1S/C21H30ClN7O2.HI/c1-3-24-21(26-17-8-11-29(12-9-17)14-18(30)23-2)25-10-7-19-27-20(28-31-19)15-5-4-6-16(22)13-15;/h4-6,13,17H,3,7-12,14H2,1-2H3,(H,23,30)(H2,24,25,26);1H. The molecule has 0 spiro atoms. The Bertz CT molecular complexity index is 885. The molecule has 1 fully saturated rings. The highest BCUT2D eigenvalue weighted by molar-refractivity contribution is 14.0. The van der Waals surface area contributed by atoms with E-state index < -0.39 is 0 Å². The van der Waals surface area contributed by atoms with E-state index in [2.05, 4.69) is 36.0 Å². The Morgan fingerprint density at radius 3 is 2.81 bits per heavy atom. The molecule has 0 saturated carbocycles. The monoisotopic (exact) mass is 575 g/mol. The summed E-state index contributed by atoms with van der Waals surface area (Å²) >= 11 is 6.03. The van der Waals surface area contributed by atoms with Crippen LogP contribution in [0.1, 0.15) is 25.7 Å². The van der Waals surface area contributed by atoms with Crippen LogP contribution in [0, 0.1) is 0 Å². The number of rotatable bonds is 8. The van der Waals surface area contributed by atoms with Crippen LogP contribution in [0.5, 0.6) is 0 Å². The smallest absolute Gasteiger partial charge is 0.233 e. The second-order valence-corrected chi connectivity index (χ2v) is 7.84. The molecule has 9 nitrogen and oxygen atoms in total. The van der Waals surface area contributed by atoms with Gasteiger partial charge in [-0.1, -0.05) is 28.9 Å². The number of guanidine groups is 1. The Morgan fingerprint density at radius 2 is 2.12 bits per heavy atom. The van der Waals surface area contributed by atoms with Gasteiger partial charge in [-0.3, -0.25) is 14.7 Å². The highest BCUT2D eigenvalue weighted by atomic mass is 127. The lowest BCUT2D eigenvalue weighted by Crippen LogP contribution is -2.50. The van der Waals surface area contributed by atoms with Crippen LogP contribution in [-0.4, -0.2) is 72.7 Å². The van der Waals surface area contributed by atoms with Crippen LogP contribution in [0.25, 0.3) is 11.4 Å². The maximum Gasteiger partial charge on any atom is 0.233 e. The van der Waals surface area contributed by atoms with Crippen molar-refractivity contribution < 1.29 is 9.32 Å². The number of amides is 1. The minimum atomic E-state index is 0. The first kappa shape index (κ1) is 26.3. The number of likely N-dealkylation sites (tertiary alicyclic amines) is 1. The van der Waals surface area contributed by atoms with Gasteiger partial charge >= 0.3 is 0 Å². The lowest BCUT2D eigenvalue weighted by Gasteiger charge is -2.32. The Labute approximate surface area is 210 Å². The molecule has 2 heterocycles. The van der Waals surface area contributed by atoms with E-state index in [1.165, 1.54) is 0 Å². The number of hydrogen-bond donors (Lipinski definition) is 3. The summed E-state index contributed by atoms with van der Waals surface area (Å²) in [7, 11) is 1.67. The van der Waals surface area contributed by atoms with Gasteiger partial charge in [0.15, 0.2) is 5.96 Å². The summed E-state index contributed by atoms with van der Waals surface area (Å²) in [6.07, 6.45) is 2.48. The molecule has 1 amide bonds. The molecule has 0 aliphatic carbocycles. The molecular weight excluding hydrogens is 545 g/mol. The van der Waals surface area contributed by atoms with Crippen LogP contribution in [0.4, 0.5) is 0 Å². The van der Waals surface area contributed by atoms with Crippen molar-refractivity contribution in [1.29, 1.82) is 0 Å². The predicted octanol–water partition coefficient (Wildman–Crippen LogP) is 2.32. The Balaban J connectivity index is 0.00000363. The van der Waals surface area contributed by atoms with Gasteiger partial charge in [-0.2, -0.15) is 4.98 Å². The zero-order valence-corrected chi connectivity index (χ0v) is 21.5. The Kier molecular flexibility index (Phi) is 11.2. The number of halogens is 2. The summed E-state index contributed by atoms with van der Waals surface area (Å²) in [6.45, 7) is 5.58. The number of nitrogens with zero attached hydrogens (tertiary/aromatic N) is 4. The van der Waals surface area contributed by atoms with E-state index in [0.717, 1.165) is 44.0 Å². The number of piperidine rings is 1. The number of carbonyl (C=O) groups excluding carboxylic acids is 1. The first-order valence-corrected chi connectivity index (χ1v) is 11.0. The molecule has 1 aliphatic rings. The van der Waals surface area contributed by atoms with Crippen molar-refractivity contribution in [2.24, 2.45) is 4.99 Å². The molecule has 0 bridgehead atoms. The lowest BCUT2D eigenvalue weighted by atomic mass is 10.1. The van der Waals surface area contributed by atoms with Crippen LogP contribution in [-0.2, 0) is 11.2 Å². The van der Waals surface area contributed by atoms with Gasteiger partial charge in [0.25, 0.3) is 0 Å². The molecule has 32 heavy (non-hydrogen) atoms. The van der Waals surface area contributed by atoms with Gasteiger partial charge in [0.05, 0.1) is 13.1 Å². The topological polar surface area (TPSA) is 108 Å². The van der Waals surface area contributed by atoms with E-state index in [4.69, 9.17) is 16.1 Å². The van der Waals surface area contributed by atoms with E-state index in [1.807, 2.05) is 31.2 Å². The minimum absolute atomic E-state index is 0. The average Bonchev–Trinajstić information content (AvgIpc) is 3.24. The molecule has 3 N–H and O–H groups in total. The highest BCUT2D eigenvalue weighted by Crippen LogP contribution is 2.20. The summed E-state index contributed by atoms with van der Waals surface area (Å²) in [5, 5.41) is 14.1. The predicted molar refractivity (Wildman–Crippen MR) is 137 cm³/mol. The SMILES string of the molecule is CCNC(=NCCc1nc(-c2cccc(Cl)c2)no1)NC1CCN(CC(=O)NC)CC1.I. The van der Waals surface area contributed by atoms with Gasteiger partial charge in [0.1, 0.15) is 0 Å². The number of nitrogens with one attached hydrogen (secondary N) is 3. The third-order valence-corrected chi connectivity index (χ3v) is 5.30.